The lowest BCUT2D eigenvalue weighted by Gasteiger charge is -2.24. The summed E-state index contributed by atoms with van der Waals surface area (Å²) in [5, 5.41) is 3.11. The molecule has 2 N–H and O–H groups in total. The van der Waals surface area contributed by atoms with Crippen LogP contribution < -0.4 is 10.0 Å². The molecule has 25 heavy (non-hydrogen) atoms. The lowest BCUT2D eigenvalue weighted by atomic mass is 10.0. The van der Waals surface area contributed by atoms with Crippen LogP contribution in [-0.2, 0) is 24.3 Å². The van der Waals surface area contributed by atoms with E-state index in [4.69, 9.17) is 16.3 Å². The first-order valence-corrected chi connectivity index (χ1v) is 9.58. The van der Waals surface area contributed by atoms with Crippen LogP contribution in [0.3, 0.4) is 0 Å². The monoisotopic (exact) mass is 390 g/mol. The highest BCUT2D eigenvalue weighted by Gasteiger charge is 2.24. The van der Waals surface area contributed by atoms with Gasteiger partial charge in [0.15, 0.2) is 6.61 Å². The number of benzene rings is 1. The van der Waals surface area contributed by atoms with Crippen LogP contribution in [0, 0.1) is 0 Å². The number of rotatable bonds is 8. The van der Waals surface area contributed by atoms with E-state index in [1.807, 2.05) is 20.8 Å². The molecule has 0 saturated carbocycles. The number of halogens is 1. The van der Waals surface area contributed by atoms with Crippen molar-refractivity contribution in [3.05, 3.63) is 29.3 Å². The average Bonchev–Trinajstić information content (AvgIpc) is 2.52. The van der Waals surface area contributed by atoms with Gasteiger partial charge in [-0.15, -0.1) is 0 Å². The second-order valence-corrected chi connectivity index (χ2v) is 8.34. The Morgan fingerprint density at radius 3 is 2.32 bits per heavy atom. The number of amides is 1. The minimum absolute atomic E-state index is 0.0287. The van der Waals surface area contributed by atoms with E-state index >= 15 is 0 Å². The molecule has 0 radical (unpaired) electrons. The number of ether oxygens (including phenoxy) is 1. The molecule has 0 fully saturated rings. The summed E-state index contributed by atoms with van der Waals surface area (Å²) in [6, 6.07) is 4.36. The van der Waals surface area contributed by atoms with E-state index in [0.717, 1.165) is 0 Å². The molecule has 0 aliphatic carbocycles. The smallest absolute Gasteiger partial charge is 0.324 e. The quantitative estimate of drug-likeness (QED) is 0.659. The van der Waals surface area contributed by atoms with Gasteiger partial charge >= 0.3 is 5.97 Å². The highest BCUT2D eigenvalue weighted by atomic mass is 35.5. The number of esters is 1. The Hall–Kier alpha value is -1.64. The van der Waals surface area contributed by atoms with Gasteiger partial charge in [-0.05, 0) is 51.5 Å². The maximum atomic E-state index is 12.2. The van der Waals surface area contributed by atoms with E-state index in [0.29, 0.717) is 11.4 Å². The van der Waals surface area contributed by atoms with Crippen LogP contribution in [-0.4, -0.2) is 38.5 Å². The van der Waals surface area contributed by atoms with Crippen LogP contribution >= 0.6 is 11.6 Å². The summed E-state index contributed by atoms with van der Waals surface area (Å²) in [5.74, 6) is -1.30. The third-order valence-corrected chi connectivity index (χ3v) is 5.33. The Kier molecular flexibility index (Phi) is 7.40. The van der Waals surface area contributed by atoms with Crippen LogP contribution in [0.25, 0.3) is 0 Å². The first-order valence-electron chi connectivity index (χ1n) is 7.72. The first-order chi connectivity index (χ1) is 11.5. The van der Waals surface area contributed by atoms with Crippen molar-refractivity contribution < 1.29 is 22.7 Å². The molecule has 0 aliphatic rings. The zero-order valence-electron chi connectivity index (χ0n) is 14.6. The molecule has 0 aliphatic heterocycles. The fourth-order valence-corrected chi connectivity index (χ4v) is 3.04. The van der Waals surface area contributed by atoms with Gasteiger partial charge in [-0.1, -0.05) is 18.5 Å². The van der Waals surface area contributed by atoms with Gasteiger partial charge in [0.2, 0.25) is 10.0 Å². The molecule has 0 heterocycles. The van der Waals surface area contributed by atoms with Crippen molar-refractivity contribution >= 4 is 33.5 Å². The summed E-state index contributed by atoms with van der Waals surface area (Å²) in [5.41, 5.74) is -0.411. The van der Waals surface area contributed by atoms with Gasteiger partial charge in [-0.25, -0.2) is 8.42 Å². The van der Waals surface area contributed by atoms with Gasteiger partial charge < -0.3 is 10.1 Å². The van der Waals surface area contributed by atoms with Crippen LogP contribution in [0.4, 0.5) is 0 Å². The van der Waals surface area contributed by atoms with Gasteiger partial charge in [-0.2, -0.15) is 4.72 Å². The van der Waals surface area contributed by atoms with Crippen LogP contribution in [0.15, 0.2) is 29.2 Å². The third kappa shape index (κ3) is 7.01. The molecule has 1 aromatic rings. The molecule has 0 bridgehead atoms. The molecule has 1 aromatic carbocycles. The van der Waals surface area contributed by atoms with Crippen LogP contribution in [0.2, 0.25) is 5.02 Å². The Bertz CT molecular complexity index is 717. The van der Waals surface area contributed by atoms with E-state index in [2.05, 4.69) is 10.0 Å². The SMILES string of the molecule is CCC(C)(C)NC(=O)COC(=O)[C@H](C)NS(=O)(=O)c1ccc(Cl)cc1. The maximum absolute atomic E-state index is 12.2. The number of carbonyl (C=O) groups is 2. The van der Waals surface area contributed by atoms with Crippen molar-refractivity contribution in [2.24, 2.45) is 0 Å². The highest BCUT2D eigenvalue weighted by Crippen LogP contribution is 2.14. The van der Waals surface area contributed by atoms with Crippen LogP contribution in [0.1, 0.15) is 34.1 Å². The lowest BCUT2D eigenvalue weighted by molar-refractivity contribution is -0.150. The zero-order chi connectivity index (χ0) is 19.3. The standard InChI is InChI=1S/C16H23ClN2O5S/c1-5-16(3,4)18-14(20)10-24-15(21)11(2)19-25(22,23)13-8-6-12(17)7-9-13/h6-9,11,19H,5,10H2,1-4H3,(H,18,20)/t11-/m0/s1. The molecule has 1 atom stereocenters. The Balaban J connectivity index is 2.59. The summed E-state index contributed by atoms with van der Waals surface area (Å²) in [6.07, 6.45) is 0.712. The average molecular weight is 391 g/mol. The molecule has 140 valence electrons. The second-order valence-electron chi connectivity index (χ2n) is 6.19. The van der Waals surface area contributed by atoms with Crippen LogP contribution in [0.5, 0.6) is 0 Å². The van der Waals surface area contributed by atoms with Crippen molar-refractivity contribution in [3.8, 4) is 0 Å². The van der Waals surface area contributed by atoms with Crippen molar-refractivity contribution in [3.63, 3.8) is 0 Å². The molecule has 0 aromatic heterocycles. The normalized spacial score (nSPS) is 13.2. The van der Waals surface area contributed by atoms with E-state index in [9.17, 15) is 18.0 Å². The number of carbonyl (C=O) groups excluding carboxylic acids is 2. The summed E-state index contributed by atoms with van der Waals surface area (Å²) in [6.45, 7) is 6.46. The summed E-state index contributed by atoms with van der Waals surface area (Å²) >= 11 is 5.72. The number of hydrogen-bond acceptors (Lipinski definition) is 5. The number of hydrogen-bond donors (Lipinski definition) is 2. The summed E-state index contributed by atoms with van der Waals surface area (Å²) < 4.78 is 31.4. The molecule has 1 rings (SSSR count). The highest BCUT2D eigenvalue weighted by molar-refractivity contribution is 7.89. The zero-order valence-corrected chi connectivity index (χ0v) is 16.2. The molecule has 0 spiro atoms. The second kappa shape index (κ2) is 8.64. The molecular weight excluding hydrogens is 368 g/mol. The third-order valence-electron chi connectivity index (χ3n) is 3.52. The summed E-state index contributed by atoms with van der Waals surface area (Å²) in [4.78, 5) is 23.6. The molecule has 9 heteroatoms. The van der Waals surface area contributed by atoms with E-state index in [-0.39, 0.29) is 4.90 Å². The van der Waals surface area contributed by atoms with Gasteiger partial charge in [0.1, 0.15) is 6.04 Å². The van der Waals surface area contributed by atoms with Crippen molar-refractivity contribution in [2.75, 3.05) is 6.61 Å². The molecular formula is C16H23ClN2O5S. The van der Waals surface area contributed by atoms with Crippen molar-refractivity contribution in [1.82, 2.24) is 10.0 Å². The van der Waals surface area contributed by atoms with Gasteiger partial charge in [0.05, 0.1) is 4.90 Å². The number of sulfonamides is 1. The largest absolute Gasteiger partial charge is 0.454 e. The molecule has 7 nitrogen and oxygen atoms in total. The number of nitrogens with one attached hydrogen (secondary N) is 2. The van der Waals surface area contributed by atoms with Crippen molar-refractivity contribution in [2.45, 2.75) is 50.6 Å². The van der Waals surface area contributed by atoms with Gasteiger partial charge in [-0.3, -0.25) is 9.59 Å². The van der Waals surface area contributed by atoms with Crippen molar-refractivity contribution in [1.29, 1.82) is 0 Å². The van der Waals surface area contributed by atoms with E-state index in [1.165, 1.54) is 31.2 Å². The summed E-state index contributed by atoms with van der Waals surface area (Å²) in [7, 11) is -3.90. The van der Waals surface area contributed by atoms with E-state index in [1.54, 1.807) is 0 Å². The first kappa shape index (κ1) is 21.4. The minimum Gasteiger partial charge on any atom is -0.454 e. The fraction of sp³-hybridized carbons (Fsp3) is 0.500. The Morgan fingerprint density at radius 1 is 1.24 bits per heavy atom. The minimum atomic E-state index is -3.90. The van der Waals surface area contributed by atoms with E-state index < -0.39 is 40.1 Å². The Morgan fingerprint density at radius 2 is 1.80 bits per heavy atom. The maximum Gasteiger partial charge on any atom is 0.324 e. The van der Waals surface area contributed by atoms with Gasteiger partial charge in [0.25, 0.3) is 5.91 Å². The molecule has 0 saturated heterocycles. The molecule has 1 amide bonds. The lowest BCUT2D eigenvalue weighted by Crippen LogP contribution is -2.46. The Labute approximate surface area is 153 Å². The predicted octanol–water partition coefficient (Wildman–Crippen LogP) is 1.85. The predicted molar refractivity (Wildman–Crippen MR) is 94.7 cm³/mol. The molecule has 0 unspecified atom stereocenters. The topological polar surface area (TPSA) is 102 Å². The van der Waals surface area contributed by atoms with Gasteiger partial charge in [0, 0.05) is 10.6 Å². The fourth-order valence-electron chi connectivity index (χ4n) is 1.73.